The number of rotatable bonds is 5. The molecule has 0 saturated carbocycles. The van der Waals surface area contributed by atoms with Gasteiger partial charge in [0, 0.05) is 6.61 Å². The molecule has 0 aromatic rings. The normalized spacial score (nSPS) is 16.3. The van der Waals surface area contributed by atoms with Gasteiger partial charge in [0.15, 0.2) is 0 Å². The van der Waals surface area contributed by atoms with Crippen molar-refractivity contribution < 1.29 is 36.2 Å². The minimum atomic E-state index is -5.70. The van der Waals surface area contributed by atoms with Crippen molar-refractivity contribution in [2.45, 2.75) is 44.3 Å². The van der Waals surface area contributed by atoms with Gasteiger partial charge >= 0.3 is 12.3 Å². The monoisotopic (exact) mass is 254 g/mol. The zero-order chi connectivity index (χ0) is 13.2. The summed E-state index contributed by atoms with van der Waals surface area (Å²) in [6, 6.07) is 0. The van der Waals surface area contributed by atoms with Gasteiger partial charge in [-0.25, -0.2) is 4.39 Å². The van der Waals surface area contributed by atoms with E-state index in [0.717, 1.165) is 13.8 Å². The number of ether oxygens (including phenoxy) is 1. The van der Waals surface area contributed by atoms with Crippen LogP contribution in [0.1, 0.15) is 20.3 Å². The Hall–Kier alpha value is -0.500. The van der Waals surface area contributed by atoms with Crippen molar-refractivity contribution in [2.24, 2.45) is 0 Å². The Morgan fingerprint density at radius 2 is 1.56 bits per heavy atom. The first-order chi connectivity index (χ1) is 6.92. The highest BCUT2D eigenvalue weighted by Crippen LogP contribution is 2.38. The van der Waals surface area contributed by atoms with Crippen LogP contribution in [0.3, 0.4) is 0 Å². The zero-order valence-corrected chi connectivity index (χ0v) is 8.61. The van der Waals surface area contributed by atoms with Gasteiger partial charge < -0.3 is 9.84 Å². The molecule has 0 saturated heterocycles. The van der Waals surface area contributed by atoms with Crippen molar-refractivity contribution in [2.75, 3.05) is 6.61 Å². The number of aliphatic hydroxyl groups is 1. The minimum Gasteiger partial charge on any atom is -0.396 e. The van der Waals surface area contributed by atoms with Crippen LogP contribution in [-0.2, 0) is 4.74 Å². The lowest BCUT2D eigenvalue weighted by Gasteiger charge is -2.31. The van der Waals surface area contributed by atoms with Crippen molar-refractivity contribution in [3.63, 3.8) is 0 Å². The van der Waals surface area contributed by atoms with Gasteiger partial charge in [-0.15, -0.1) is 0 Å². The van der Waals surface area contributed by atoms with Crippen LogP contribution in [0.2, 0.25) is 0 Å². The summed E-state index contributed by atoms with van der Waals surface area (Å²) < 4.78 is 76.8. The van der Waals surface area contributed by atoms with E-state index in [2.05, 4.69) is 4.74 Å². The number of hydrogen-bond donors (Lipinski definition) is 1. The summed E-state index contributed by atoms with van der Waals surface area (Å²) in [6.07, 6.45) is -15.4. The van der Waals surface area contributed by atoms with Crippen LogP contribution in [0.15, 0.2) is 0 Å². The maximum Gasteiger partial charge on any atom is 0.428 e. The van der Waals surface area contributed by atoms with Crippen LogP contribution in [0.25, 0.3) is 0 Å². The van der Waals surface area contributed by atoms with E-state index >= 15 is 0 Å². The van der Waals surface area contributed by atoms with E-state index in [9.17, 15) is 26.3 Å². The number of aliphatic hydroxyl groups excluding tert-OH is 1. The second-order valence-corrected chi connectivity index (χ2v) is 3.80. The predicted octanol–water partition coefficient (Wildman–Crippen LogP) is 2.66. The quantitative estimate of drug-likeness (QED) is 0.764. The Kier molecular flexibility index (Phi) is 4.64. The molecule has 2 nitrogen and oxygen atoms in total. The summed E-state index contributed by atoms with van der Waals surface area (Å²) in [6.45, 7) is 1.49. The largest absolute Gasteiger partial charge is 0.428 e. The maximum absolute atomic E-state index is 12.7. The molecule has 0 aliphatic heterocycles. The summed E-state index contributed by atoms with van der Waals surface area (Å²) in [7, 11) is 0. The topological polar surface area (TPSA) is 29.5 Å². The highest BCUT2D eigenvalue weighted by molar-refractivity contribution is 4.80. The van der Waals surface area contributed by atoms with Gasteiger partial charge in [-0.2, -0.15) is 22.0 Å². The number of halogens is 6. The van der Waals surface area contributed by atoms with Crippen LogP contribution in [-0.4, -0.2) is 35.8 Å². The Morgan fingerprint density at radius 3 is 1.88 bits per heavy atom. The fraction of sp³-hybridized carbons (Fsp3) is 1.00. The van der Waals surface area contributed by atoms with E-state index in [0.29, 0.717) is 0 Å². The average Bonchev–Trinajstić information content (AvgIpc) is 1.98. The van der Waals surface area contributed by atoms with Gasteiger partial charge in [0.05, 0.1) is 5.60 Å². The van der Waals surface area contributed by atoms with Crippen molar-refractivity contribution in [1.82, 2.24) is 0 Å². The van der Waals surface area contributed by atoms with Crippen molar-refractivity contribution in [1.29, 1.82) is 0 Å². The molecular weight excluding hydrogens is 242 g/mol. The first kappa shape index (κ1) is 15.5. The Morgan fingerprint density at radius 1 is 1.12 bits per heavy atom. The van der Waals surface area contributed by atoms with Crippen LogP contribution < -0.4 is 0 Å². The molecule has 0 heterocycles. The van der Waals surface area contributed by atoms with Crippen molar-refractivity contribution in [3.05, 3.63) is 0 Å². The Labute approximate surface area is 88.2 Å². The van der Waals surface area contributed by atoms with Gasteiger partial charge in [-0.3, -0.25) is 0 Å². The summed E-state index contributed by atoms with van der Waals surface area (Å²) in [5, 5.41) is 8.46. The van der Waals surface area contributed by atoms with Crippen LogP contribution >= 0.6 is 0 Å². The standard InChI is InChI=1S/C8H12F6O2/c1-6(2,3-4-15)16-8(13,14)5(9)7(10,11)12/h5,15H,3-4H2,1-2H3. The molecule has 0 fully saturated rings. The van der Waals surface area contributed by atoms with Gasteiger partial charge in [-0.05, 0) is 20.3 Å². The summed E-state index contributed by atoms with van der Waals surface area (Å²) in [5.74, 6) is 0. The molecule has 0 aromatic carbocycles. The van der Waals surface area contributed by atoms with E-state index in [-0.39, 0.29) is 6.42 Å². The predicted molar refractivity (Wildman–Crippen MR) is 42.8 cm³/mol. The van der Waals surface area contributed by atoms with E-state index in [4.69, 9.17) is 5.11 Å². The lowest BCUT2D eigenvalue weighted by atomic mass is 10.1. The van der Waals surface area contributed by atoms with Gasteiger partial charge in [0.1, 0.15) is 0 Å². The Balaban J connectivity index is 4.68. The molecule has 0 bridgehead atoms. The molecule has 1 N–H and O–H groups in total. The number of alkyl halides is 6. The molecule has 98 valence electrons. The summed E-state index contributed by atoms with van der Waals surface area (Å²) in [4.78, 5) is 0. The molecule has 0 aromatic heterocycles. The van der Waals surface area contributed by atoms with Gasteiger partial charge in [0.2, 0.25) is 0 Å². The average molecular weight is 254 g/mol. The van der Waals surface area contributed by atoms with E-state index < -0.39 is 30.7 Å². The maximum atomic E-state index is 12.7. The fourth-order valence-electron chi connectivity index (χ4n) is 0.931. The second kappa shape index (κ2) is 4.79. The van der Waals surface area contributed by atoms with E-state index in [1.165, 1.54) is 0 Å². The fourth-order valence-corrected chi connectivity index (χ4v) is 0.931. The van der Waals surface area contributed by atoms with Crippen LogP contribution in [0, 0.1) is 0 Å². The highest BCUT2D eigenvalue weighted by Gasteiger charge is 2.59. The molecule has 1 unspecified atom stereocenters. The van der Waals surface area contributed by atoms with Crippen LogP contribution in [0.5, 0.6) is 0 Å². The first-order valence-electron chi connectivity index (χ1n) is 4.32. The molecule has 0 radical (unpaired) electrons. The Bertz CT molecular complexity index is 225. The second-order valence-electron chi connectivity index (χ2n) is 3.80. The third-order valence-corrected chi connectivity index (χ3v) is 1.71. The third kappa shape index (κ3) is 4.56. The van der Waals surface area contributed by atoms with E-state index in [1.54, 1.807) is 0 Å². The first-order valence-corrected chi connectivity index (χ1v) is 4.32. The van der Waals surface area contributed by atoms with Crippen molar-refractivity contribution >= 4 is 0 Å². The summed E-state index contributed by atoms with van der Waals surface area (Å²) >= 11 is 0. The molecule has 0 aliphatic rings. The lowest BCUT2D eigenvalue weighted by molar-refractivity contribution is -0.362. The molecule has 8 heteroatoms. The molecule has 16 heavy (non-hydrogen) atoms. The molecule has 0 spiro atoms. The molecule has 0 amide bonds. The van der Waals surface area contributed by atoms with Gasteiger partial charge in [-0.1, -0.05) is 0 Å². The van der Waals surface area contributed by atoms with Crippen LogP contribution in [0.4, 0.5) is 26.3 Å². The molecular formula is C8H12F6O2. The molecule has 1 atom stereocenters. The highest BCUT2D eigenvalue weighted by atomic mass is 19.4. The smallest absolute Gasteiger partial charge is 0.396 e. The number of hydrogen-bond acceptors (Lipinski definition) is 2. The zero-order valence-electron chi connectivity index (χ0n) is 8.61. The summed E-state index contributed by atoms with van der Waals surface area (Å²) in [5.41, 5.74) is -1.76. The molecule has 0 rings (SSSR count). The SMILES string of the molecule is CC(C)(CCO)OC(F)(F)C(F)C(F)(F)F. The van der Waals surface area contributed by atoms with Crippen molar-refractivity contribution in [3.8, 4) is 0 Å². The molecule has 0 aliphatic carbocycles. The minimum absolute atomic E-state index is 0.340. The third-order valence-electron chi connectivity index (χ3n) is 1.71. The van der Waals surface area contributed by atoms with E-state index in [1.807, 2.05) is 0 Å². The van der Waals surface area contributed by atoms with Gasteiger partial charge in [0.25, 0.3) is 6.17 Å². The lowest BCUT2D eigenvalue weighted by Crippen LogP contribution is -2.48.